The average Bonchev–Trinajstić information content (AvgIpc) is 2.72. The molecule has 1 N–H and O–H groups in total. The Morgan fingerprint density at radius 1 is 1.42 bits per heavy atom. The minimum Gasteiger partial charge on any atom is -0.464 e. The smallest absolute Gasteiger partial charge is 0.357 e. The zero-order valence-corrected chi connectivity index (χ0v) is 12.9. The van der Waals surface area contributed by atoms with Crippen LogP contribution in [0.1, 0.15) is 54.9 Å². The Morgan fingerprint density at radius 2 is 2.05 bits per heavy atom. The summed E-state index contributed by atoms with van der Waals surface area (Å²) in [6.45, 7) is 6.55. The predicted octanol–water partition coefficient (Wildman–Crippen LogP) is 3.62. The van der Waals surface area contributed by atoms with Crippen LogP contribution in [0.5, 0.6) is 0 Å². The van der Waals surface area contributed by atoms with E-state index in [0.717, 1.165) is 10.0 Å². The van der Waals surface area contributed by atoms with Gasteiger partial charge in [0.1, 0.15) is 0 Å². The van der Waals surface area contributed by atoms with Gasteiger partial charge in [0.05, 0.1) is 7.11 Å². The Balaban J connectivity index is 1.99. The number of nitrogens with zero attached hydrogens (tertiary/aromatic N) is 1. The van der Waals surface area contributed by atoms with Crippen LogP contribution in [0.15, 0.2) is 0 Å². The van der Waals surface area contributed by atoms with Crippen LogP contribution in [0.4, 0.5) is 5.13 Å². The first kappa shape index (κ1) is 14.3. The summed E-state index contributed by atoms with van der Waals surface area (Å²) in [5, 5.41) is 4.29. The van der Waals surface area contributed by atoms with Gasteiger partial charge in [0.15, 0.2) is 10.8 Å². The second-order valence-corrected chi connectivity index (χ2v) is 7.20. The molecule has 0 aliphatic heterocycles. The first-order valence-corrected chi connectivity index (χ1v) is 7.55. The first-order valence-electron chi connectivity index (χ1n) is 6.73. The van der Waals surface area contributed by atoms with Gasteiger partial charge in [-0.1, -0.05) is 13.8 Å². The maximum absolute atomic E-state index is 11.5. The third-order valence-corrected chi connectivity index (χ3v) is 4.74. The van der Waals surface area contributed by atoms with Crippen LogP contribution in [0.3, 0.4) is 0 Å². The van der Waals surface area contributed by atoms with E-state index < -0.39 is 0 Å². The van der Waals surface area contributed by atoms with Gasteiger partial charge in [-0.3, -0.25) is 0 Å². The van der Waals surface area contributed by atoms with Crippen molar-refractivity contribution in [3.05, 3.63) is 10.6 Å². The number of esters is 1. The molecule has 0 radical (unpaired) electrons. The SMILES string of the molecule is COC(=O)c1nc(NC2CCC(C)(C)CC2)sc1C. The molecule has 1 aliphatic rings. The molecule has 0 spiro atoms. The molecular weight excluding hydrogens is 260 g/mol. The summed E-state index contributed by atoms with van der Waals surface area (Å²) in [4.78, 5) is 16.8. The van der Waals surface area contributed by atoms with Crippen molar-refractivity contribution in [2.24, 2.45) is 5.41 Å². The van der Waals surface area contributed by atoms with Crippen LogP contribution in [0.2, 0.25) is 0 Å². The second-order valence-electron chi connectivity index (χ2n) is 6.00. The summed E-state index contributed by atoms with van der Waals surface area (Å²) in [6, 6.07) is 0.476. The fraction of sp³-hybridized carbons (Fsp3) is 0.714. The van der Waals surface area contributed by atoms with Crippen LogP contribution >= 0.6 is 11.3 Å². The normalized spacial score (nSPS) is 19.2. The summed E-state index contributed by atoms with van der Waals surface area (Å²) in [5.74, 6) is -0.355. The van der Waals surface area contributed by atoms with Gasteiger partial charge in [0, 0.05) is 10.9 Å². The minimum atomic E-state index is -0.355. The number of methoxy groups -OCH3 is 1. The number of carbonyl (C=O) groups excluding carboxylic acids is 1. The molecule has 0 bridgehead atoms. The fourth-order valence-corrected chi connectivity index (χ4v) is 3.34. The minimum absolute atomic E-state index is 0.355. The third kappa shape index (κ3) is 3.47. The lowest BCUT2D eigenvalue weighted by Crippen LogP contribution is -2.29. The van der Waals surface area contributed by atoms with Crippen molar-refractivity contribution in [3.63, 3.8) is 0 Å². The number of aromatic nitrogens is 1. The van der Waals surface area contributed by atoms with Gasteiger partial charge in [-0.05, 0) is 38.0 Å². The Labute approximate surface area is 118 Å². The highest BCUT2D eigenvalue weighted by molar-refractivity contribution is 7.15. The first-order chi connectivity index (χ1) is 8.91. The molecule has 0 amide bonds. The molecule has 0 aromatic carbocycles. The van der Waals surface area contributed by atoms with E-state index in [0.29, 0.717) is 17.2 Å². The van der Waals surface area contributed by atoms with Gasteiger partial charge in [0.25, 0.3) is 0 Å². The summed E-state index contributed by atoms with van der Waals surface area (Å²) >= 11 is 1.53. The molecule has 1 heterocycles. The van der Waals surface area contributed by atoms with Crippen LogP contribution in [-0.2, 0) is 4.74 Å². The quantitative estimate of drug-likeness (QED) is 0.860. The largest absolute Gasteiger partial charge is 0.464 e. The zero-order chi connectivity index (χ0) is 14.0. The summed E-state index contributed by atoms with van der Waals surface area (Å²) in [6.07, 6.45) is 4.80. The Hall–Kier alpha value is -1.10. The number of hydrogen-bond donors (Lipinski definition) is 1. The summed E-state index contributed by atoms with van der Waals surface area (Å²) in [7, 11) is 1.39. The second kappa shape index (κ2) is 5.49. The van der Waals surface area contributed by atoms with E-state index in [9.17, 15) is 4.79 Å². The highest BCUT2D eigenvalue weighted by Crippen LogP contribution is 2.36. The molecule has 1 aromatic rings. The van der Waals surface area contributed by atoms with Gasteiger partial charge in [-0.15, -0.1) is 11.3 Å². The number of hydrogen-bond acceptors (Lipinski definition) is 5. The standard InChI is InChI=1S/C14H22N2O2S/c1-9-11(12(17)18-4)16-13(19-9)15-10-5-7-14(2,3)8-6-10/h10H,5-8H2,1-4H3,(H,15,16). The third-order valence-electron chi connectivity index (χ3n) is 3.84. The summed E-state index contributed by atoms with van der Waals surface area (Å²) < 4.78 is 4.73. The molecule has 1 aliphatic carbocycles. The number of anilines is 1. The van der Waals surface area contributed by atoms with Gasteiger partial charge in [-0.25, -0.2) is 9.78 Å². The molecule has 19 heavy (non-hydrogen) atoms. The van der Waals surface area contributed by atoms with Crippen molar-refractivity contribution in [2.45, 2.75) is 52.5 Å². The number of rotatable bonds is 3. The van der Waals surface area contributed by atoms with E-state index in [1.54, 1.807) is 0 Å². The molecule has 0 atom stereocenters. The predicted molar refractivity (Wildman–Crippen MR) is 77.9 cm³/mol. The monoisotopic (exact) mass is 282 g/mol. The van der Waals surface area contributed by atoms with Gasteiger partial charge >= 0.3 is 5.97 Å². The molecule has 0 saturated heterocycles. The van der Waals surface area contributed by atoms with Crippen molar-refractivity contribution in [3.8, 4) is 0 Å². The van der Waals surface area contributed by atoms with Crippen LogP contribution in [0.25, 0.3) is 0 Å². The maximum Gasteiger partial charge on any atom is 0.357 e. The van der Waals surface area contributed by atoms with Crippen molar-refractivity contribution in [1.82, 2.24) is 4.98 Å². The lowest BCUT2D eigenvalue weighted by atomic mass is 9.76. The van der Waals surface area contributed by atoms with Crippen molar-refractivity contribution >= 4 is 22.4 Å². The van der Waals surface area contributed by atoms with E-state index in [2.05, 4.69) is 24.1 Å². The number of nitrogens with one attached hydrogen (secondary N) is 1. The van der Waals surface area contributed by atoms with E-state index in [1.807, 2.05) is 6.92 Å². The molecule has 2 rings (SSSR count). The van der Waals surface area contributed by atoms with Crippen molar-refractivity contribution in [2.75, 3.05) is 12.4 Å². The molecule has 1 saturated carbocycles. The molecular formula is C14H22N2O2S. The zero-order valence-electron chi connectivity index (χ0n) is 12.1. The Bertz CT molecular complexity index is 458. The van der Waals surface area contributed by atoms with Crippen LogP contribution < -0.4 is 5.32 Å². The number of thiazole rings is 1. The van der Waals surface area contributed by atoms with Gasteiger partial charge in [-0.2, -0.15) is 0 Å². The molecule has 5 heteroatoms. The molecule has 0 unspecified atom stereocenters. The van der Waals surface area contributed by atoms with E-state index in [4.69, 9.17) is 4.74 Å². The lowest BCUT2D eigenvalue weighted by Gasteiger charge is -2.34. The molecule has 106 valence electrons. The van der Waals surface area contributed by atoms with Crippen molar-refractivity contribution in [1.29, 1.82) is 0 Å². The number of aryl methyl sites for hydroxylation is 1. The molecule has 4 nitrogen and oxygen atoms in total. The number of carbonyl (C=O) groups is 1. The molecule has 1 aromatic heterocycles. The van der Waals surface area contributed by atoms with E-state index in [1.165, 1.54) is 44.1 Å². The van der Waals surface area contributed by atoms with Crippen LogP contribution in [0, 0.1) is 12.3 Å². The van der Waals surface area contributed by atoms with E-state index in [-0.39, 0.29) is 5.97 Å². The van der Waals surface area contributed by atoms with Gasteiger partial charge < -0.3 is 10.1 Å². The lowest BCUT2D eigenvalue weighted by molar-refractivity contribution is 0.0594. The maximum atomic E-state index is 11.5. The average molecular weight is 282 g/mol. The number of ether oxygens (including phenoxy) is 1. The summed E-state index contributed by atoms with van der Waals surface area (Å²) in [5.41, 5.74) is 0.903. The topological polar surface area (TPSA) is 51.2 Å². The highest BCUT2D eigenvalue weighted by Gasteiger charge is 2.27. The Kier molecular flexibility index (Phi) is 4.13. The van der Waals surface area contributed by atoms with Gasteiger partial charge in [0.2, 0.25) is 0 Å². The Morgan fingerprint density at radius 3 is 2.63 bits per heavy atom. The van der Waals surface area contributed by atoms with E-state index >= 15 is 0 Å². The van der Waals surface area contributed by atoms with Crippen molar-refractivity contribution < 1.29 is 9.53 Å². The highest BCUT2D eigenvalue weighted by atomic mass is 32.1. The fourth-order valence-electron chi connectivity index (χ4n) is 2.46. The molecule has 1 fully saturated rings. The van der Waals surface area contributed by atoms with Crippen LogP contribution in [-0.4, -0.2) is 24.1 Å².